The topological polar surface area (TPSA) is 118 Å². The minimum Gasteiger partial charge on any atom is -0.496 e. The monoisotopic (exact) mass is 490 g/mol. The predicted molar refractivity (Wildman–Crippen MR) is 137 cm³/mol. The van der Waals surface area contributed by atoms with Gasteiger partial charge in [-0.25, -0.2) is 23.4 Å². The quantitative estimate of drug-likeness (QED) is 0.312. The number of hydrogen-bond donors (Lipinski definition) is 3. The van der Waals surface area contributed by atoms with Gasteiger partial charge in [-0.05, 0) is 86.0 Å². The maximum Gasteiger partial charge on any atom is 0.262 e. The van der Waals surface area contributed by atoms with Crippen molar-refractivity contribution in [3.8, 4) is 5.75 Å². The van der Waals surface area contributed by atoms with Crippen LogP contribution in [0.4, 0.5) is 28.8 Å². The van der Waals surface area contributed by atoms with E-state index in [9.17, 15) is 8.42 Å². The molecule has 0 spiro atoms. The van der Waals surface area contributed by atoms with Crippen LogP contribution in [0.2, 0.25) is 0 Å². The van der Waals surface area contributed by atoms with Gasteiger partial charge in [0.15, 0.2) is 0 Å². The Hall–Kier alpha value is -4.18. The molecule has 10 heteroatoms. The van der Waals surface area contributed by atoms with E-state index in [2.05, 4.69) is 30.3 Å². The SMILES string of the molecule is COc1cc(C)c(S(=O)(=O)Nc2ccc(Nc3cc(Nc4cc(C)ccn4)ncn3)cc2)cc1C. The third kappa shape index (κ3) is 5.85. The lowest BCUT2D eigenvalue weighted by Gasteiger charge is -2.14. The Morgan fingerprint density at radius 1 is 0.743 bits per heavy atom. The molecule has 4 rings (SSSR count). The van der Waals surface area contributed by atoms with Crippen molar-refractivity contribution in [2.24, 2.45) is 0 Å². The van der Waals surface area contributed by atoms with E-state index in [1.165, 1.54) is 6.33 Å². The summed E-state index contributed by atoms with van der Waals surface area (Å²) in [5.74, 6) is 2.51. The van der Waals surface area contributed by atoms with Gasteiger partial charge in [0, 0.05) is 23.6 Å². The lowest BCUT2D eigenvalue weighted by atomic mass is 10.1. The maximum absolute atomic E-state index is 13.0. The highest BCUT2D eigenvalue weighted by atomic mass is 32.2. The summed E-state index contributed by atoms with van der Waals surface area (Å²) in [6, 6.07) is 15.8. The van der Waals surface area contributed by atoms with Crippen LogP contribution in [0.3, 0.4) is 0 Å². The molecular weight excluding hydrogens is 464 g/mol. The van der Waals surface area contributed by atoms with Crippen LogP contribution < -0.4 is 20.1 Å². The van der Waals surface area contributed by atoms with Gasteiger partial charge in [0.05, 0.1) is 12.0 Å². The van der Waals surface area contributed by atoms with E-state index in [4.69, 9.17) is 4.74 Å². The van der Waals surface area contributed by atoms with Crippen LogP contribution >= 0.6 is 0 Å². The van der Waals surface area contributed by atoms with Gasteiger partial charge in [0.25, 0.3) is 10.0 Å². The zero-order valence-corrected chi connectivity index (χ0v) is 20.6. The molecule has 0 amide bonds. The molecule has 2 aromatic carbocycles. The van der Waals surface area contributed by atoms with Gasteiger partial charge in [-0.2, -0.15) is 0 Å². The fourth-order valence-corrected chi connectivity index (χ4v) is 4.85. The third-order valence-electron chi connectivity index (χ3n) is 5.23. The molecule has 180 valence electrons. The van der Waals surface area contributed by atoms with Gasteiger partial charge in [-0.1, -0.05) is 0 Å². The first kappa shape index (κ1) is 24.0. The summed E-state index contributed by atoms with van der Waals surface area (Å²) in [6.07, 6.45) is 3.17. The summed E-state index contributed by atoms with van der Waals surface area (Å²) < 4.78 is 33.8. The molecule has 2 heterocycles. The smallest absolute Gasteiger partial charge is 0.262 e. The van der Waals surface area contributed by atoms with Crippen molar-refractivity contribution in [3.05, 3.63) is 83.8 Å². The zero-order valence-electron chi connectivity index (χ0n) is 19.8. The molecule has 0 fully saturated rings. The molecule has 35 heavy (non-hydrogen) atoms. The second-order valence-electron chi connectivity index (χ2n) is 8.03. The zero-order chi connectivity index (χ0) is 25.0. The van der Waals surface area contributed by atoms with Crippen LogP contribution in [0.15, 0.2) is 72.0 Å². The number of ether oxygens (including phenoxy) is 1. The number of pyridine rings is 1. The van der Waals surface area contributed by atoms with Crippen molar-refractivity contribution in [3.63, 3.8) is 0 Å². The maximum atomic E-state index is 13.0. The Balaban J connectivity index is 1.46. The van der Waals surface area contributed by atoms with Gasteiger partial charge in [0.2, 0.25) is 0 Å². The molecule has 4 aromatic rings. The number of aromatic nitrogens is 3. The molecule has 0 atom stereocenters. The van der Waals surface area contributed by atoms with Crippen LogP contribution in [0.25, 0.3) is 0 Å². The molecular formula is C25H26N6O3S. The Bertz CT molecular complexity index is 1460. The van der Waals surface area contributed by atoms with Crippen molar-refractivity contribution in [2.75, 3.05) is 22.5 Å². The molecule has 0 radical (unpaired) electrons. The van der Waals surface area contributed by atoms with Crippen LogP contribution in [-0.4, -0.2) is 30.5 Å². The average molecular weight is 491 g/mol. The number of aryl methyl sites for hydroxylation is 3. The van der Waals surface area contributed by atoms with Gasteiger partial charge >= 0.3 is 0 Å². The molecule has 9 nitrogen and oxygen atoms in total. The van der Waals surface area contributed by atoms with Crippen molar-refractivity contribution < 1.29 is 13.2 Å². The number of nitrogens with zero attached hydrogens (tertiary/aromatic N) is 3. The number of nitrogens with one attached hydrogen (secondary N) is 3. The van der Waals surface area contributed by atoms with Crippen molar-refractivity contribution in [1.82, 2.24) is 15.0 Å². The van der Waals surface area contributed by atoms with E-state index in [0.29, 0.717) is 34.5 Å². The summed E-state index contributed by atoms with van der Waals surface area (Å²) >= 11 is 0. The second-order valence-corrected chi connectivity index (χ2v) is 9.68. The predicted octanol–water partition coefficient (Wildman–Crippen LogP) is 5.09. The largest absolute Gasteiger partial charge is 0.496 e. The highest BCUT2D eigenvalue weighted by molar-refractivity contribution is 7.92. The molecule has 0 unspecified atom stereocenters. The first-order valence-corrected chi connectivity index (χ1v) is 12.3. The number of anilines is 5. The summed E-state index contributed by atoms with van der Waals surface area (Å²) in [4.78, 5) is 13.0. The molecule has 2 aromatic heterocycles. The Kier molecular flexibility index (Phi) is 6.83. The van der Waals surface area contributed by atoms with Gasteiger partial charge in [-0.3, -0.25) is 4.72 Å². The van der Waals surface area contributed by atoms with Crippen LogP contribution in [0, 0.1) is 20.8 Å². The van der Waals surface area contributed by atoms with Crippen LogP contribution in [-0.2, 0) is 10.0 Å². The minimum atomic E-state index is -3.76. The van der Waals surface area contributed by atoms with Gasteiger partial charge in [0.1, 0.15) is 29.5 Å². The first-order valence-electron chi connectivity index (χ1n) is 10.8. The fourth-order valence-electron chi connectivity index (χ4n) is 3.48. The second kappa shape index (κ2) is 9.98. The lowest BCUT2D eigenvalue weighted by Crippen LogP contribution is -2.14. The third-order valence-corrected chi connectivity index (χ3v) is 6.75. The standard InChI is InChI=1S/C25H26N6O3S/c1-16-9-10-26-23(11-16)30-25-14-24(27-15-28-25)29-19-5-7-20(8-6-19)31-35(32,33)22-13-17(2)21(34-4)12-18(22)3/h5-15,31H,1-4H3,(H2,26,27,28,29,30). The lowest BCUT2D eigenvalue weighted by molar-refractivity contribution is 0.411. The molecule has 0 bridgehead atoms. The van der Waals surface area contributed by atoms with Gasteiger partial charge in [-0.15, -0.1) is 0 Å². The van der Waals surface area contributed by atoms with E-state index in [-0.39, 0.29) is 4.90 Å². The number of methoxy groups -OCH3 is 1. The first-order chi connectivity index (χ1) is 16.7. The van der Waals surface area contributed by atoms with Crippen LogP contribution in [0.5, 0.6) is 5.75 Å². The molecule has 0 aliphatic heterocycles. The number of benzene rings is 2. The van der Waals surface area contributed by atoms with Crippen molar-refractivity contribution in [2.45, 2.75) is 25.7 Å². The molecule has 3 N–H and O–H groups in total. The van der Waals surface area contributed by atoms with E-state index in [1.807, 2.05) is 26.0 Å². The molecule has 0 saturated carbocycles. The van der Waals surface area contributed by atoms with Crippen LogP contribution in [0.1, 0.15) is 16.7 Å². The number of sulfonamides is 1. The van der Waals surface area contributed by atoms with E-state index in [0.717, 1.165) is 16.8 Å². The summed E-state index contributed by atoms with van der Waals surface area (Å²) in [7, 11) is -2.20. The Labute approximate surface area is 204 Å². The van der Waals surface area contributed by atoms with E-state index in [1.54, 1.807) is 62.7 Å². The average Bonchev–Trinajstić information content (AvgIpc) is 2.81. The Morgan fingerprint density at radius 2 is 1.40 bits per heavy atom. The highest BCUT2D eigenvalue weighted by Crippen LogP contribution is 2.28. The number of rotatable bonds is 8. The Morgan fingerprint density at radius 3 is 2.09 bits per heavy atom. The van der Waals surface area contributed by atoms with E-state index < -0.39 is 10.0 Å². The highest BCUT2D eigenvalue weighted by Gasteiger charge is 2.19. The summed E-state index contributed by atoms with van der Waals surface area (Å²) in [5, 5.41) is 6.34. The fraction of sp³-hybridized carbons (Fsp3) is 0.160. The van der Waals surface area contributed by atoms with Crippen molar-refractivity contribution >= 4 is 38.9 Å². The van der Waals surface area contributed by atoms with Gasteiger partial charge < -0.3 is 15.4 Å². The minimum absolute atomic E-state index is 0.210. The van der Waals surface area contributed by atoms with E-state index >= 15 is 0 Å². The number of hydrogen-bond acceptors (Lipinski definition) is 8. The summed E-state index contributed by atoms with van der Waals surface area (Å²) in [6.45, 7) is 5.54. The van der Waals surface area contributed by atoms with Crippen molar-refractivity contribution in [1.29, 1.82) is 0 Å². The molecule has 0 aliphatic carbocycles. The molecule has 0 saturated heterocycles. The molecule has 0 aliphatic rings. The summed E-state index contributed by atoms with van der Waals surface area (Å²) in [5.41, 5.74) is 3.62. The normalized spacial score (nSPS) is 11.1.